The molecule has 0 saturated heterocycles. The number of esters is 1. The molecule has 16 heavy (non-hydrogen) atoms. The highest BCUT2D eigenvalue weighted by Crippen LogP contribution is 2.07. The molecule has 0 N–H and O–H groups in total. The summed E-state index contributed by atoms with van der Waals surface area (Å²) in [5.74, 6) is -0.584. The van der Waals surface area contributed by atoms with Gasteiger partial charge in [0.25, 0.3) is 0 Å². The zero-order chi connectivity index (χ0) is 12.7. The van der Waals surface area contributed by atoms with E-state index >= 15 is 0 Å². The van der Waals surface area contributed by atoms with Crippen LogP contribution in [0.25, 0.3) is 0 Å². The Kier molecular flexibility index (Phi) is 6.53. The molecule has 0 radical (unpaired) electrons. The van der Waals surface area contributed by atoms with E-state index < -0.39 is 12.4 Å². The van der Waals surface area contributed by atoms with Crippen LogP contribution in [-0.4, -0.2) is 24.5 Å². The number of hydrogen-bond donors (Lipinski definition) is 0. The largest absolute Gasteiger partial charge is 0.511 e. The minimum atomic E-state index is -0.923. The van der Waals surface area contributed by atoms with Gasteiger partial charge in [0.15, 0.2) is 0 Å². The lowest BCUT2D eigenvalue weighted by Gasteiger charge is -2.16. The molecule has 0 aromatic rings. The fraction of sp³-hybridized carbons (Fsp3) is 0.818. The van der Waals surface area contributed by atoms with Crippen LogP contribution in [0.15, 0.2) is 0 Å². The summed E-state index contributed by atoms with van der Waals surface area (Å²) in [5.41, 5.74) is 0. The molecule has 0 aliphatic carbocycles. The van der Waals surface area contributed by atoms with Crippen LogP contribution in [0.2, 0.25) is 0 Å². The topological polar surface area (TPSA) is 61.8 Å². The van der Waals surface area contributed by atoms with Crippen LogP contribution < -0.4 is 0 Å². The van der Waals surface area contributed by atoms with Gasteiger partial charge in [-0.1, -0.05) is 13.8 Å². The summed E-state index contributed by atoms with van der Waals surface area (Å²) >= 11 is 0. The molecule has 94 valence electrons. The predicted molar refractivity (Wildman–Crippen MR) is 57.7 cm³/mol. The second-order valence-electron chi connectivity index (χ2n) is 3.85. The summed E-state index contributed by atoms with van der Waals surface area (Å²) < 4.78 is 14.4. The monoisotopic (exact) mass is 232 g/mol. The van der Waals surface area contributed by atoms with Crippen molar-refractivity contribution in [3.05, 3.63) is 0 Å². The normalized spacial score (nSPS) is 14.1. The first kappa shape index (κ1) is 14.7. The Morgan fingerprint density at radius 2 is 1.56 bits per heavy atom. The molecule has 0 fully saturated rings. The Bertz CT molecular complexity index is 237. The van der Waals surface area contributed by atoms with E-state index in [0.717, 1.165) is 0 Å². The maximum atomic E-state index is 11.3. The van der Waals surface area contributed by atoms with Gasteiger partial charge in [0.2, 0.25) is 6.29 Å². The predicted octanol–water partition coefficient (Wildman–Crippen LogP) is 2.48. The molecule has 5 heteroatoms. The molecule has 2 unspecified atom stereocenters. The van der Waals surface area contributed by atoms with Crippen molar-refractivity contribution in [1.82, 2.24) is 0 Å². The number of ether oxygens (including phenoxy) is 3. The second-order valence-corrected chi connectivity index (χ2v) is 3.85. The second kappa shape index (κ2) is 7.09. The van der Waals surface area contributed by atoms with Gasteiger partial charge in [-0.3, -0.25) is 4.79 Å². The van der Waals surface area contributed by atoms with Gasteiger partial charge in [-0.05, 0) is 20.3 Å². The van der Waals surface area contributed by atoms with Gasteiger partial charge in [0, 0.05) is 6.92 Å². The van der Waals surface area contributed by atoms with Gasteiger partial charge in [-0.25, -0.2) is 4.79 Å². The molecule has 0 aromatic heterocycles. The van der Waals surface area contributed by atoms with E-state index in [1.807, 2.05) is 6.92 Å². The summed E-state index contributed by atoms with van der Waals surface area (Å²) in [6, 6.07) is 0. The smallest absolute Gasteiger partial charge is 0.431 e. The minimum absolute atomic E-state index is 0.202. The van der Waals surface area contributed by atoms with Crippen molar-refractivity contribution in [2.24, 2.45) is 5.92 Å². The van der Waals surface area contributed by atoms with Crippen molar-refractivity contribution in [3.8, 4) is 0 Å². The number of rotatable bonds is 5. The van der Waals surface area contributed by atoms with Crippen LogP contribution in [0, 0.1) is 5.92 Å². The van der Waals surface area contributed by atoms with Crippen LogP contribution in [0.5, 0.6) is 0 Å². The Balaban J connectivity index is 3.94. The van der Waals surface area contributed by atoms with E-state index in [1.54, 1.807) is 20.8 Å². The molecule has 5 nitrogen and oxygen atoms in total. The Morgan fingerprint density at radius 3 is 2.00 bits per heavy atom. The van der Waals surface area contributed by atoms with Gasteiger partial charge in [-0.15, -0.1) is 0 Å². The van der Waals surface area contributed by atoms with E-state index in [-0.39, 0.29) is 18.0 Å². The molecule has 0 saturated carbocycles. The highest BCUT2D eigenvalue weighted by molar-refractivity contribution is 5.72. The lowest BCUT2D eigenvalue weighted by Crippen LogP contribution is -2.26. The Morgan fingerprint density at radius 1 is 1.00 bits per heavy atom. The van der Waals surface area contributed by atoms with Crippen molar-refractivity contribution in [2.45, 2.75) is 53.4 Å². The third kappa shape index (κ3) is 6.27. The molecule has 0 aromatic carbocycles. The SMILES string of the molecule is CCC(C)C(=O)OC(C)OC(=O)OC(C)C. The molecule has 0 heterocycles. The van der Waals surface area contributed by atoms with Crippen LogP contribution in [0.3, 0.4) is 0 Å². The van der Waals surface area contributed by atoms with Crippen molar-refractivity contribution < 1.29 is 23.8 Å². The molecular weight excluding hydrogens is 212 g/mol. The molecule has 0 spiro atoms. The van der Waals surface area contributed by atoms with Crippen molar-refractivity contribution in [3.63, 3.8) is 0 Å². The summed E-state index contributed by atoms with van der Waals surface area (Å²) in [4.78, 5) is 22.4. The average molecular weight is 232 g/mol. The maximum absolute atomic E-state index is 11.3. The average Bonchev–Trinajstić information content (AvgIpc) is 2.14. The van der Waals surface area contributed by atoms with Gasteiger partial charge < -0.3 is 14.2 Å². The standard InChI is InChI=1S/C11H20O5/c1-6-8(4)10(12)15-9(5)16-11(13)14-7(2)3/h7-9H,6H2,1-5H3. The molecule has 0 aliphatic heterocycles. The molecule has 0 bridgehead atoms. The highest BCUT2D eigenvalue weighted by atomic mass is 16.8. The fourth-order valence-corrected chi connectivity index (χ4v) is 0.826. The highest BCUT2D eigenvalue weighted by Gasteiger charge is 2.19. The molecule has 0 rings (SSSR count). The zero-order valence-electron chi connectivity index (χ0n) is 10.5. The van der Waals surface area contributed by atoms with E-state index in [0.29, 0.717) is 6.42 Å². The number of carbonyl (C=O) groups is 2. The van der Waals surface area contributed by atoms with Crippen LogP contribution in [0.4, 0.5) is 4.79 Å². The van der Waals surface area contributed by atoms with Gasteiger partial charge in [-0.2, -0.15) is 0 Å². The molecular formula is C11H20O5. The fourth-order valence-electron chi connectivity index (χ4n) is 0.826. The van der Waals surface area contributed by atoms with Crippen LogP contribution in [-0.2, 0) is 19.0 Å². The van der Waals surface area contributed by atoms with Crippen LogP contribution in [0.1, 0.15) is 41.0 Å². The van der Waals surface area contributed by atoms with Crippen LogP contribution >= 0.6 is 0 Å². The molecule has 0 amide bonds. The summed E-state index contributed by atoms with van der Waals surface area (Å²) in [7, 11) is 0. The van der Waals surface area contributed by atoms with E-state index in [1.165, 1.54) is 6.92 Å². The third-order valence-corrected chi connectivity index (χ3v) is 1.89. The first-order valence-electron chi connectivity index (χ1n) is 5.44. The number of carbonyl (C=O) groups excluding carboxylic acids is 2. The van der Waals surface area contributed by atoms with Gasteiger partial charge in [0.1, 0.15) is 0 Å². The molecule has 0 aliphatic rings. The lowest BCUT2D eigenvalue weighted by atomic mass is 10.1. The van der Waals surface area contributed by atoms with Crippen molar-refractivity contribution >= 4 is 12.1 Å². The van der Waals surface area contributed by atoms with Gasteiger partial charge >= 0.3 is 12.1 Å². The summed E-state index contributed by atoms with van der Waals surface area (Å²) in [6.45, 7) is 8.52. The zero-order valence-corrected chi connectivity index (χ0v) is 10.5. The number of hydrogen-bond acceptors (Lipinski definition) is 5. The summed E-state index contributed by atoms with van der Waals surface area (Å²) in [6.07, 6.45) is -1.33. The minimum Gasteiger partial charge on any atom is -0.431 e. The third-order valence-electron chi connectivity index (χ3n) is 1.89. The van der Waals surface area contributed by atoms with Gasteiger partial charge in [0.05, 0.1) is 12.0 Å². The van der Waals surface area contributed by atoms with E-state index in [4.69, 9.17) is 14.2 Å². The first-order valence-corrected chi connectivity index (χ1v) is 5.44. The van der Waals surface area contributed by atoms with E-state index in [2.05, 4.69) is 0 Å². The Labute approximate surface area is 96.1 Å². The first-order chi connectivity index (χ1) is 7.36. The van der Waals surface area contributed by atoms with Crippen molar-refractivity contribution in [2.75, 3.05) is 0 Å². The van der Waals surface area contributed by atoms with E-state index in [9.17, 15) is 9.59 Å². The summed E-state index contributed by atoms with van der Waals surface area (Å²) in [5, 5.41) is 0. The Hall–Kier alpha value is -1.26. The lowest BCUT2D eigenvalue weighted by molar-refractivity contribution is -0.172. The maximum Gasteiger partial charge on any atom is 0.511 e. The van der Waals surface area contributed by atoms with Crippen molar-refractivity contribution in [1.29, 1.82) is 0 Å². The molecule has 2 atom stereocenters. The quantitative estimate of drug-likeness (QED) is 0.538.